The molecule has 2 rings (SSSR count). The zero-order chi connectivity index (χ0) is 23.7. The van der Waals surface area contributed by atoms with Crippen molar-refractivity contribution in [3.8, 4) is 5.75 Å². The van der Waals surface area contributed by atoms with Gasteiger partial charge < -0.3 is 15.0 Å². The Labute approximate surface area is 193 Å². The van der Waals surface area contributed by atoms with Crippen molar-refractivity contribution in [2.24, 2.45) is 5.92 Å². The third-order valence-corrected chi connectivity index (χ3v) is 5.64. The van der Waals surface area contributed by atoms with E-state index in [1.165, 1.54) is 5.56 Å². The second kappa shape index (κ2) is 12.3. The van der Waals surface area contributed by atoms with Crippen LogP contribution in [0.2, 0.25) is 0 Å². The zero-order valence-corrected chi connectivity index (χ0v) is 20.4. The molecule has 0 aliphatic rings. The summed E-state index contributed by atoms with van der Waals surface area (Å²) in [6, 6.07) is 15.5. The molecule has 0 saturated carbocycles. The van der Waals surface area contributed by atoms with E-state index in [2.05, 4.69) is 57.3 Å². The van der Waals surface area contributed by atoms with Crippen LogP contribution in [0, 0.1) is 5.92 Å². The summed E-state index contributed by atoms with van der Waals surface area (Å²) in [7, 11) is 1.62. The maximum atomic E-state index is 13.2. The highest BCUT2D eigenvalue weighted by atomic mass is 16.5. The predicted molar refractivity (Wildman–Crippen MR) is 130 cm³/mol. The second-order valence-electron chi connectivity index (χ2n) is 9.08. The van der Waals surface area contributed by atoms with E-state index in [4.69, 9.17) is 4.74 Å². The average molecular weight is 439 g/mol. The molecular formula is C27H38N2O3. The Morgan fingerprint density at radius 3 is 2.03 bits per heavy atom. The van der Waals surface area contributed by atoms with Crippen LogP contribution in [0.1, 0.15) is 63.6 Å². The van der Waals surface area contributed by atoms with Crippen LogP contribution < -0.4 is 10.1 Å². The van der Waals surface area contributed by atoms with E-state index < -0.39 is 6.04 Å². The van der Waals surface area contributed by atoms with Gasteiger partial charge in [-0.3, -0.25) is 9.59 Å². The number of carbonyl (C=O) groups is 2. The highest BCUT2D eigenvalue weighted by Crippen LogP contribution is 2.18. The molecule has 174 valence electrons. The Hall–Kier alpha value is -2.82. The molecule has 0 unspecified atom stereocenters. The van der Waals surface area contributed by atoms with Crippen LogP contribution >= 0.6 is 0 Å². The molecular weight excluding hydrogens is 400 g/mol. The fourth-order valence-corrected chi connectivity index (χ4v) is 3.43. The van der Waals surface area contributed by atoms with E-state index in [0.29, 0.717) is 37.8 Å². The van der Waals surface area contributed by atoms with Gasteiger partial charge in [-0.05, 0) is 54.0 Å². The van der Waals surface area contributed by atoms with Crippen LogP contribution in [-0.2, 0) is 22.6 Å². The first-order chi connectivity index (χ1) is 15.2. The van der Waals surface area contributed by atoms with Gasteiger partial charge >= 0.3 is 0 Å². The number of carbonyl (C=O) groups excluding carboxylic acids is 2. The number of methoxy groups -OCH3 is 1. The summed E-state index contributed by atoms with van der Waals surface area (Å²) < 4.78 is 5.23. The molecule has 0 aliphatic carbocycles. The minimum absolute atomic E-state index is 0.0269. The summed E-state index contributed by atoms with van der Waals surface area (Å²) in [5.74, 6) is 1.45. The summed E-state index contributed by atoms with van der Waals surface area (Å²) in [5.41, 5.74) is 3.38. The van der Waals surface area contributed by atoms with Crippen molar-refractivity contribution in [2.45, 2.75) is 66.0 Å². The van der Waals surface area contributed by atoms with Crippen LogP contribution in [0.5, 0.6) is 5.75 Å². The van der Waals surface area contributed by atoms with Gasteiger partial charge in [0.2, 0.25) is 11.8 Å². The summed E-state index contributed by atoms with van der Waals surface area (Å²) >= 11 is 0. The fraction of sp³-hybridized carbons (Fsp3) is 0.481. The Kier molecular flexibility index (Phi) is 9.76. The van der Waals surface area contributed by atoms with E-state index >= 15 is 0 Å². The Morgan fingerprint density at radius 2 is 1.50 bits per heavy atom. The minimum atomic E-state index is -0.549. The van der Waals surface area contributed by atoms with E-state index in [1.54, 1.807) is 18.9 Å². The maximum Gasteiger partial charge on any atom is 0.242 e. The zero-order valence-electron chi connectivity index (χ0n) is 20.4. The molecule has 32 heavy (non-hydrogen) atoms. The molecule has 2 aromatic rings. The van der Waals surface area contributed by atoms with Gasteiger partial charge in [0.05, 0.1) is 7.11 Å². The minimum Gasteiger partial charge on any atom is -0.497 e. The van der Waals surface area contributed by atoms with Gasteiger partial charge in [0.25, 0.3) is 0 Å². The molecule has 0 radical (unpaired) electrons. The lowest BCUT2D eigenvalue weighted by atomic mass is 10.00. The van der Waals surface area contributed by atoms with Gasteiger partial charge in [-0.1, -0.05) is 64.1 Å². The van der Waals surface area contributed by atoms with Gasteiger partial charge in [-0.2, -0.15) is 0 Å². The number of rotatable bonds is 11. The number of hydrogen-bond acceptors (Lipinski definition) is 3. The number of aryl methyl sites for hydroxylation is 1. The molecule has 0 spiro atoms. The van der Waals surface area contributed by atoms with Crippen molar-refractivity contribution in [2.75, 3.05) is 13.7 Å². The molecule has 1 atom stereocenters. The first kappa shape index (κ1) is 25.4. The first-order valence-electron chi connectivity index (χ1n) is 11.5. The lowest BCUT2D eigenvalue weighted by Gasteiger charge is -2.29. The number of ether oxygens (including phenoxy) is 1. The second-order valence-corrected chi connectivity index (χ2v) is 9.08. The normalized spacial score (nSPS) is 12.0. The van der Waals surface area contributed by atoms with Gasteiger partial charge in [0.15, 0.2) is 0 Å². The molecule has 2 amide bonds. The Morgan fingerprint density at radius 1 is 0.906 bits per heavy atom. The van der Waals surface area contributed by atoms with Gasteiger partial charge in [0, 0.05) is 19.5 Å². The third-order valence-electron chi connectivity index (χ3n) is 5.64. The summed E-state index contributed by atoms with van der Waals surface area (Å²) in [6.07, 6.45) is 1.01. The Bertz CT molecular complexity index is 857. The summed E-state index contributed by atoms with van der Waals surface area (Å²) in [5, 5.41) is 2.96. The van der Waals surface area contributed by atoms with Crippen LogP contribution in [0.25, 0.3) is 0 Å². The van der Waals surface area contributed by atoms with Crippen molar-refractivity contribution in [1.82, 2.24) is 10.2 Å². The number of nitrogens with one attached hydrogen (secondary N) is 1. The Balaban J connectivity index is 2.11. The van der Waals surface area contributed by atoms with E-state index in [0.717, 1.165) is 16.9 Å². The SMILES string of the molecule is COc1ccc(CN(C(=O)CCc2ccc(C(C)C)cc2)[C@@H](C)C(=O)NCC(C)C)cc1. The molecule has 0 fully saturated rings. The van der Waals surface area contributed by atoms with Gasteiger partial charge in [-0.15, -0.1) is 0 Å². The predicted octanol–water partition coefficient (Wildman–Crippen LogP) is 4.94. The highest BCUT2D eigenvalue weighted by Gasteiger charge is 2.26. The third kappa shape index (κ3) is 7.70. The van der Waals surface area contributed by atoms with Crippen LogP contribution in [0.4, 0.5) is 0 Å². The number of nitrogens with zero attached hydrogens (tertiary/aromatic N) is 1. The van der Waals surface area contributed by atoms with Crippen molar-refractivity contribution in [3.05, 3.63) is 65.2 Å². The smallest absolute Gasteiger partial charge is 0.242 e. The quantitative estimate of drug-likeness (QED) is 0.541. The molecule has 2 aromatic carbocycles. The monoisotopic (exact) mass is 438 g/mol. The summed E-state index contributed by atoms with van der Waals surface area (Å²) in [6.45, 7) is 11.2. The summed E-state index contributed by atoms with van der Waals surface area (Å²) in [4.78, 5) is 27.6. The van der Waals surface area contributed by atoms with Gasteiger partial charge in [0.1, 0.15) is 11.8 Å². The van der Waals surface area contributed by atoms with Crippen molar-refractivity contribution < 1.29 is 14.3 Å². The molecule has 5 nitrogen and oxygen atoms in total. The number of hydrogen-bond donors (Lipinski definition) is 1. The van der Waals surface area contributed by atoms with E-state index in [-0.39, 0.29) is 11.8 Å². The molecule has 0 heterocycles. The molecule has 0 bridgehead atoms. The van der Waals surface area contributed by atoms with Crippen LogP contribution in [-0.4, -0.2) is 36.4 Å². The van der Waals surface area contributed by atoms with Crippen LogP contribution in [0.3, 0.4) is 0 Å². The van der Waals surface area contributed by atoms with Crippen molar-refractivity contribution in [3.63, 3.8) is 0 Å². The molecule has 0 saturated heterocycles. The fourth-order valence-electron chi connectivity index (χ4n) is 3.43. The number of benzene rings is 2. The topological polar surface area (TPSA) is 58.6 Å². The largest absolute Gasteiger partial charge is 0.497 e. The molecule has 5 heteroatoms. The molecule has 0 aromatic heterocycles. The molecule has 0 aliphatic heterocycles. The lowest BCUT2D eigenvalue weighted by molar-refractivity contribution is -0.140. The molecule has 1 N–H and O–H groups in total. The van der Waals surface area contributed by atoms with Crippen molar-refractivity contribution >= 4 is 11.8 Å². The maximum absolute atomic E-state index is 13.2. The van der Waals surface area contributed by atoms with E-state index in [1.807, 2.05) is 24.3 Å². The van der Waals surface area contributed by atoms with Crippen molar-refractivity contribution in [1.29, 1.82) is 0 Å². The van der Waals surface area contributed by atoms with E-state index in [9.17, 15) is 9.59 Å². The van der Waals surface area contributed by atoms with Gasteiger partial charge in [-0.25, -0.2) is 0 Å². The number of amides is 2. The first-order valence-corrected chi connectivity index (χ1v) is 11.5. The average Bonchev–Trinajstić information content (AvgIpc) is 2.79. The van der Waals surface area contributed by atoms with Crippen LogP contribution in [0.15, 0.2) is 48.5 Å². The standard InChI is InChI=1S/C27H38N2O3/c1-19(2)17-28-27(31)21(5)29(18-23-9-14-25(32-6)15-10-23)26(30)16-11-22-7-12-24(13-8-22)20(3)4/h7-10,12-15,19-21H,11,16-18H2,1-6H3,(H,28,31)/t21-/m0/s1. The highest BCUT2D eigenvalue weighted by molar-refractivity contribution is 5.87. The lowest BCUT2D eigenvalue weighted by Crippen LogP contribution is -2.48.